The number of nitrogens with two attached hydrogens (primary N) is 1. The summed E-state index contributed by atoms with van der Waals surface area (Å²) in [5, 5.41) is 4.85. The third kappa shape index (κ3) is 1.98. The average molecular weight is 293 g/mol. The van der Waals surface area contributed by atoms with Gasteiger partial charge in [0, 0.05) is 16.5 Å². The van der Waals surface area contributed by atoms with Gasteiger partial charge in [0.15, 0.2) is 0 Å². The predicted molar refractivity (Wildman–Crippen MR) is 85.8 cm³/mol. The van der Waals surface area contributed by atoms with Gasteiger partial charge in [0.1, 0.15) is 16.9 Å². The summed E-state index contributed by atoms with van der Waals surface area (Å²) in [4.78, 5) is 9.39. The van der Waals surface area contributed by atoms with Crippen molar-refractivity contribution >= 4 is 38.0 Å². The van der Waals surface area contributed by atoms with E-state index in [1.54, 1.807) is 11.3 Å². The predicted octanol–water partition coefficient (Wildman–Crippen LogP) is 4.22. The first kappa shape index (κ1) is 12.1. The molecule has 0 saturated heterocycles. The maximum absolute atomic E-state index is 6.02. The van der Waals surface area contributed by atoms with Gasteiger partial charge in [-0.2, -0.15) is 0 Å². The Labute approximate surface area is 124 Å². The molecule has 0 aliphatic carbocycles. The number of ether oxygens (including phenoxy) is 1. The minimum absolute atomic E-state index is 0.566. The summed E-state index contributed by atoms with van der Waals surface area (Å²) in [6.07, 6.45) is 1.52. The number of nitrogens with zero attached hydrogens (tertiary/aromatic N) is 2. The fraction of sp³-hybridized carbons (Fsp3) is 0. The largest absolute Gasteiger partial charge is 0.438 e. The number of nitrogen functional groups attached to an aromatic ring is 1. The van der Waals surface area contributed by atoms with Crippen LogP contribution in [0.5, 0.6) is 11.6 Å². The Hall–Kier alpha value is -2.66. The molecule has 0 fully saturated rings. The fourth-order valence-electron chi connectivity index (χ4n) is 2.34. The first-order valence-corrected chi connectivity index (χ1v) is 7.34. The van der Waals surface area contributed by atoms with Crippen molar-refractivity contribution in [2.75, 3.05) is 5.73 Å². The van der Waals surface area contributed by atoms with Crippen LogP contribution in [0.25, 0.3) is 21.0 Å². The van der Waals surface area contributed by atoms with Gasteiger partial charge in [-0.25, -0.2) is 9.97 Å². The van der Waals surface area contributed by atoms with Crippen LogP contribution in [0.2, 0.25) is 0 Å². The highest BCUT2D eigenvalue weighted by Gasteiger charge is 2.10. The Morgan fingerprint density at radius 2 is 1.76 bits per heavy atom. The number of rotatable bonds is 2. The minimum atomic E-state index is 0.566. The molecule has 2 N–H and O–H groups in total. The van der Waals surface area contributed by atoms with Gasteiger partial charge in [0.25, 0.3) is 0 Å². The second-order valence-corrected chi connectivity index (χ2v) is 5.51. The second-order valence-electron chi connectivity index (χ2n) is 4.62. The van der Waals surface area contributed by atoms with Gasteiger partial charge in [-0.15, -0.1) is 11.3 Å². The van der Waals surface area contributed by atoms with Crippen LogP contribution < -0.4 is 10.5 Å². The molecule has 0 aliphatic heterocycles. The molecule has 102 valence electrons. The van der Waals surface area contributed by atoms with Crippen molar-refractivity contribution in [1.82, 2.24) is 9.97 Å². The highest BCUT2D eigenvalue weighted by Crippen LogP contribution is 2.35. The zero-order valence-electron chi connectivity index (χ0n) is 11.0. The van der Waals surface area contributed by atoms with E-state index >= 15 is 0 Å². The van der Waals surface area contributed by atoms with Crippen LogP contribution in [0.1, 0.15) is 0 Å². The van der Waals surface area contributed by atoms with Crippen LogP contribution in [-0.2, 0) is 0 Å². The summed E-state index contributed by atoms with van der Waals surface area (Å²) < 4.78 is 6.02. The Bertz CT molecular complexity index is 948. The monoisotopic (exact) mass is 293 g/mol. The number of thiophene rings is 1. The molecule has 2 aromatic heterocycles. The van der Waals surface area contributed by atoms with Gasteiger partial charge in [0.2, 0.25) is 5.88 Å². The molecule has 21 heavy (non-hydrogen) atoms. The van der Waals surface area contributed by atoms with E-state index < -0.39 is 0 Å². The molecule has 0 spiro atoms. The SMILES string of the molecule is Nc1ccc(Oc2ncnc3sccc23)c2ccccc12. The molecular weight excluding hydrogens is 282 g/mol. The molecule has 4 aromatic rings. The van der Waals surface area contributed by atoms with Crippen LogP contribution in [0.4, 0.5) is 5.69 Å². The van der Waals surface area contributed by atoms with Crippen molar-refractivity contribution in [2.24, 2.45) is 0 Å². The Morgan fingerprint density at radius 1 is 0.905 bits per heavy atom. The summed E-state index contributed by atoms with van der Waals surface area (Å²) in [5.41, 5.74) is 6.75. The molecule has 0 saturated carbocycles. The molecule has 0 radical (unpaired) electrons. The van der Waals surface area contributed by atoms with Crippen LogP contribution in [0, 0.1) is 0 Å². The van der Waals surface area contributed by atoms with Crippen molar-refractivity contribution in [2.45, 2.75) is 0 Å². The van der Waals surface area contributed by atoms with Crippen LogP contribution in [0.15, 0.2) is 54.2 Å². The van der Waals surface area contributed by atoms with E-state index in [0.29, 0.717) is 5.88 Å². The van der Waals surface area contributed by atoms with E-state index in [0.717, 1.165) is 32.4 Å². The molecule has 0 aliphatic rings. The van der Waals surface area contributed by atoms with Crippen molar-refractivity contribution in [3.8, 4) is 11.6 Å². The number of fused-ring (bicyclic) bond motifs is 2. The van der Waals surface area contributed by atoms with Gasteiger partial charge in [-0.3, -0.25) is 0 Å². The topological polar surface area (TPSA) is 61.0 Å². The summed E-state index contributed by atoms with van der Waals surface area (Å²) in [7, 11) is 0. The van der Waals surface area contributed by atoms with E-state index in [4.69, 9.17) is 10.5 Å². The first-order valence-electron chi connectivity index (χ1n) is 6.46. The van der Waals surface area contributed by atoms with Gasteiger partial charge < -0.3 is 10.5 Å². The molecule has 0 unspecified atom stereocenters. The second kappa shape index (κ2) is 4.71. The average Bonchev–Trinajstić information content (AvgIpc) is 3.00. The summed E-state index contributed by atoms with van der Waals surface area (Å²) in [6, 6.07) is 13.6. The summed E-state index contributed by atoms with van der Waals surface area (Å²) >= 11 is 1.57. The quantitative estimate of drug-likeness (QED) is 0.562. The number of anilines is 1. The molecule has 2 heterocycles. The zero-order valence-corrected chi connectivity index (χ0v) is 11.8. The molecule has 2 aromatic carbocycles. The Morgan fingerprint density at radius 3 is 2.67 bits per heavy atom. The standard InChI is InChI=1S/C16H11N3OS/c17-13-5-6-14(11-4-2-1-3-10(11)13)20-15-12-7-8-21-16(12)19-9-18-15/h1-9H,17H2. The van der Waals surface area contributed by atoms with Crippen molar-refractivity contribution in [3.63, 3.8) is 0 Å². The third-order valence-corrected chi connectivity index (χ3v) is 4.17. The number of hydrogen-bond donors (Lipinski definition) is 1. The fourth-order valence-corrected chi connectivity index (χ4v) is 3.06. The van der Waals surface area contributed by atoms with E-state index in [1.165, 1.54) is 6.33 Å². The normalized spacial score (nSPS) is 11.0. The lowest BCUT2D eigenvalue weighted by Crippen LogP contribution is -1.93. The number of aromatic nitrogens is 2. The lowest BCUT2D eigenvalue weighted by molar-refractivity contribution is 0.474. The first-order chi connectivity index (χ1) is 10.3. The molecule has 0 amide bonds. The van der Waals surface area contributed by atoms with E-state index in [2.05, 4.69) is 9.97 Å². The smallest absolute Gasteiger partial charge is 0.231 e. The van der Waals surface area contributed by atoms with Gasteiger partial charge >= 0.3 is 0 Å². The molecule has 4 nitrogen and oxygen atoms in total. The lowest BCUT2D eigenvalue weighted by atomic mass is 10.1. The van der Waals surface area contributed by atoms with Crippen LogP contribution >= 0.6 is 11.3 Å². The number of hydrogen-bond acceptors (Lipinski definition) is 5. The highest BCUT2D eigenvalue weighted by atomic mass is 32.1. The van der Waals surface area contributed by atoms with Gasteiger partial charge in [-0.05, 0) is 23.6 Å². The molecule has 5 heteroatoms. The maximum Gasteiger partial charge on any atom is 0.231 e. The van der Waals surface area contributed by atoms with Crippen molar-refractivity contribution in [3.05, 3.63) is 54.2 Å². The van der Waals surface area contributed by atoms with E-state index in [-0.39, 0.29) is 0 Å². The molecular formula is C16H11N3OS. The van der Waals surface area contributed by atoms with E-state index in [1.807, 2.05) is 47.8 Å². The maximum atomic E-state index is 6.02. The lowest BCUT2D eigenvalue weighted by Gasteiger charge is -2.10. The molecule has 4 rings (SSSR count). The number of benzene rings is 2. The Kier molecular flexibility index (Phi) is 2.72. The summed E-state index contributed by atoms with van der Waals surface area (Å²) in [6.45, 7) is 0. The van der Waals surface area contributed by atoms with Crippen LogP contribution in [-0.4, -0.2) is 9.97 Å². The summed E-state index contributed by atoms with van der Waals surface area (Å²) in [5.74, 6) is 1.31. The molecule has 0 atom stereocenters. The van der Waals surface area contributed by atoms with Crippen molar-refractivity contribution in [1.29, 1.82) is 0 Å². The highest BCUT2D eigenvalue weighted by molar-refractivity contribution is 7.16. The Balaban J connectivity index is 1.88. The van der Waals surface area contributed by atoms with Gasteiger partial charge in [0.05, 0.1) is 5.39 Å². The zero-order chi connectivity index (χ0) is 14.2. The van der Waals surface area contributed by atoms with Crippen LogP contribution in [0.3, 0.4) is 0 Å². The minimum Gasteiger partial charge on any atom is -0.438 e. The molecule has 0 bridgehead atoms. The van der Waals surface area contributed by atoms with Gasteiger partial charge in [-0.1, -0.05) is 24.3 Å². The third-order valence-electron chi connectivity index (χ3n) is 3.35. The van der Waals surface area contributed by atoms with Crippen molar-refractivity contribution < 1.29 is 4.74 Å². The van der Waals surface area contributed by atoms with E-state index in [9.17, 15) is 0 Å².